The smallest absolute Gasteiger partial charge is 0.345 e. The van der Waals surface area contributed by atoms with Gasteiger partial charge in [0, 0.05) is 41.0 Å². The van der Waals surface area contributed by atoms with E-state index in [1.165, 1.54) is 7.11 Å². The molecule has 5 rings (SSSR count). The lowest BCUT2D eigenvalue weighted by Crippen LogP contribution is -2.23. The quantitative estimate of drug-likeness (QED) is 0.321. The maximum Gasteiger partial charge on any atom is 0.345 e. The maximum atomic E-state index is 13.5. The highest BCUT2D eigenvalue weighted by Gasteiger charge is 2.23. The summed E-state index contributed by atoms with van der Waals surface area (Å²) in [5.41, 5.74) is 4.30. The number of aromatic amines is 1. The number of fused-ring (bicyclic) bond motifs is 2. The SMILES string of the molecule is COC(=O)c1c(NC(C)c2cc(C)cc3c(=O)c(C)c(-c4ccc5nn(C)cc5c4)oc23)cc(C)[nH]c1=O. The summed E-state index contributed by atoms with van der Waals surface area (Å²) in [6.45, 7) is 7.28. The monoisotopic (exact) mass is 512 g/mol. The van der Waals surface area contributed by atoms with Crippen LogP contribution in [0.5, 0.6) is 0 Å². The molecule has 9 heteroatoms. The number of nitrogens with one attached hydrogen (secondary N) is 2. The average molecular weight is 513 g/mol. The molecule has 0 aliphatic heterocycles. The molecule has 2 aromatic carbocycles. The predicted octanol–water partition coefficient (Wildman–Crippen LogP) is 4.92. The Morgan fingerprint density at radius 3 is 2.63 bits per heavy atom. The van der Waals surface area contributed by atoms with E-state index in [1.807, 2.05) is 57.4 Å². The van der Waals surface area contributed by atoms with E-state index in [9.17, 15) is 14.4 Å². The molecule has 38 heavy (non-hydrogen) atoms. The zero-order valence-corrected chi connectivity index (χ0v) is 22.1. The average Bonchev–Trinajstić information content (AvgIpc) is 3.24. The van der Waals surface area contributed by atoms with Crippen molar-refractivity contribution in [3.63, 3.8) is 0 Å². The van der Waals surface area contributed by atoms with Crippen LogP contribution in [0.4, 0.5) is 5.69 Å². The zero-order chi connectivity index (χ0) is 27.3. The zero-order valence-electron chi connectivity index (χ0n) is 22.1. The van der Waals surface area contributed by atoms with E-state index in [-0.39, 0.29) is 11.0 Å². The van der Waals surface area contributed by atoms with Gasteiger partial charge in [-0.2, -0.15) is 5.10 Å². The van der Waals surface area contributed by atoms with Gasteiger partial charge < -0.3 is 19.5 Å². The minimum atomic E-state index is -0.745. The number of H-pyrrole nitrogens is 1. The molecule has 9 nitrogen and oxygen atoms in total. The second kappa shape index (κ2) is 9.33. The first-order chi connectivity index (χ1) is 18.1. The second-order valence-electron chi connectivity index (χ2n) is 9.62. The summed E-state index contributed by atoms with van der Waals surface area (Å²) >= 11 is 0. The highest BCUT2D eigenvalue weighted by Crippen LogP contribution is 2.33. The van der Waals surface area contributed by atoms with Gasteiger partial charge in [0.25, 0.3) is 5.56 Å². The molecule has 3 heterocycles. The van der Waals surface area contributed by atoms with Crippen molar-refractivity contribution < 1.29 is 13.9 Å². The van der Waals surface area contributed by atoms with Crippen molar-refractivity contribution in [3.05, 3.63) is 91.1 Å². The molecule has 1 atom stereocenters. The fourth-order valence-corrected chi connectivity index (χ4v) is 4.87. The van der Waals surface area contributed by atoms with E-state index in [4.69, 9.17) is 9.15 Å². The molecule has 1 unspecified atom stereocenters. The molecule has 3 aromatic heterocycles. The Morgan fingerprint density at radius 2 is 1.89 bits per heavy atom. The van der Waals surface area contributed by atoms with Gasteiger partial charge in [0.1, 0.15) is 16.9 Å². The molecule has 5 aromatic rings. The number of hydrogen-bond acceptors (Lipinski definition) is 7. The first-order valence-electron chi connectivity index (χ1n) is 12.2. The van der Waals surface area contributed by atoms with Crippen LogP contribution in [0.3, 0.4) is 0 Å². The number of pyridine rings is 1. The van der Waals surface area contributed by atoms with Gasteiger partial charge in [0.05, 0.1) is 29.7 Å². The number of aromatic nitrogens is 3. The highest BCUT2D eigenvalue weighted by molar-refractivity contribution is 5.95. The third-order valence-electron chi connectivity index (χ3n) is 6.67. The van der Waals surface area contributed by atoms with Crippen molar-refractivity contribution >= 4 is 33.5 Å². The molecule has 0 spiro atoms. The number of anilines is 1. The fourth-order valence-electron chi connectivity index (χ4n) is 4.87. The number of carbonyl (C=O) groups is 1. The van der Waals surface area contributed by atoms with E-state index in [1.54, 1.807) is 24.6 Å². The van der Waals surface area contributed by atoms with Gasteiger partial charge in [-0.3, -0.25) is 14.3 Å². The number of hydrogen-bond donors (Lipinski definition) is 2. The molecular formula is C29H28N4O5. The predicted molar refractivity (Wildman–Crippen MR) is 147 cm³/mol. The summed E-state index contributed by atoms with van der Waals surface area (Å²) in [4.78, 5) is 41.1. The minimum absolute atomic E-state index is 0.119. The Morgan fingerprint density at radius 1 is 1.13 bits per heavy atom. The molecule has 0 radical (unpaired) electrons. The number of methoxy groups -OCH3 is 1. The van der Waals surface area contributed by atoms with Crippen LogP contribution < -0.4 is 16.3 Å². The summed E-state index contributed by atoms with van der Waals surface area (Å²) in [6, 6.07) is 10.7. The number of nitrogens with zero attached hydrogens (tertiary/aromatic N) is 2. The molecule has 0 saturated carbocycles. The summed E-state index contributed by atoms with van der Waals surface area (Å²) in [5.74, 6) is -0.266. The van der Waals surface area contributed by atoms with Crippen molar-refractivity contribution in [1.29, 1.82) is 0 Å². The van der Waals surface area contributed by atoms with Gasteiger partial charge in [-0.05, 0) is 63.6 Å². The van der Waals surface area contributed by atoms with Crippen molar-refractivity contribution in [2.75, 3.05) is 12.4 Å². The summed E-state index contributed by atoms with van der Waals surface area (Å²) < 4.78 is 13.1. The normalized spacial score (nSPS) is 12.2. The van der Waals surface area contributed by atoms with Crippen molar-refractivity contribution in [1.82, 2.24) is 14.8 Å². The van der Waals surface area contributed by atoms with Gasteiger partial charge >= 0.3 is 5.97 Å². The van der Waals surface area contributed by atoms with E-state index in [0.717, 1.165) is 27.6 Å². The molecule has 0 fully saturated rings. The number of carbonyl (C=O) groups excluding carboxylic acids is 1. The molecule has 0 aliphatic rings. The Hall–Kier alpha value is -4.66. The standard InChI is InChI=1S/C29H28N4O5/c1-14-9-20(17(4)31-23-11-15(2)30-28(35)24(23)29(36)37-6)27-21(10-14)25(34)16(3)26(38-27)18-7-8-22-19(12-18)13-33(5)32-22/h7-13,17H,1-6H3,(H2,30,31,35). The van der Waals surface area contributed by atoms with Crippen molar-refractivity contribution in [2.45, 2.75) is 33.7 Å². The molecule has 0 aliphatic carbocycles. The number of benzene rings is 2. The Balaban J connectivity index is 1.68. The van der Waals surface area contributed by atoms with Gasteiger partial charge in [-0.15, -0.1) is 0 Å². The topological polar surface area (TPSA) is 119 Å². The first kappa shape index (κ1) is 25.0. The van der Waals surface area contributed by atoms with E-state index >= 15 is 0 Å². The van der Waals surface area contributed by atoms with E-state index in [0.29, 0.717) is 33.7 Å². The van der Waals surface area contributed by atoms with E-state index < -0.39 is 17.6 Å². The van der Waals surface area contributed by atoms with Gasteiger partial charge in [0.2, 0.25) is 0 Å². The Kier molecular flexibility index (Phi) is 6.14. The molecule has 0 saturated heterocycles. The lowest BCUT2D eigenvalue weighted by molar-refractivity contribution is 0.0599. The number of ether oxygens (including phenoxy) is 1. The van der Waals surface area contributed by atoms with Gasteiger partial charge in [0.15, 0.2) is 5.43 Å². The van der Waals surface area contributed by atoms with Gasteiger partial charge in [-0.25, -0.2) is 4.79 Å². The van der Waals surface area contributed by atoms with Crippen LogP contribution in [0.15, 0.2) is 56.6 Å². The maximum absolute atomic E-state index is 13.5. The van der Waals surface area contributed by atoms with E-state index in [2.05, 4.69) is 15.4 Å². The third kappa shape index (κ3) is 4.26. The van der Waals surface area contributed by atoms with Crippen molar-refractivity contribution in [2.24, 2.45) is 7.05 Å². The molecule has 194 valence electrons. The fraction of sp³-hybridized carbons (Fsp3) is 0.241. The molecule has 2 N–H and O–H groups in total. The lowest BCUT2D eigenvalue weighted by atomic mass is 9.98. The summed E-state index contributed by atoms with van der Waals surface area (Å²) in [7, 11) is 3.09. The van der Waals surface area contributed by atoms with Gasteiger partial charge in [-0.1, -0.05) is 6.07 Å². The minimum Gasteiger partial charge on any atom is -0.465 e. The summed E-state index contributed by atoms with van der Waals surface area (Å²) in [6.07, 6.45) is 1.91. The van der Waals surface area contributed by atoms with Crippen LogP contribution >= 0.6 is 0 Å². The third-order valence-corrected chi connectivity index (χ3v) is 6.67. The Bertz CT molecular complexity index is 1860. The van der Waals surface area contributed by atoms with Crippen LogP contribution in [0.1, 0.15) is 45.7 Å². The lowest BCUT2D eigenvalue weighted by Gasteiger charge is -2.20. The van der Waals surface area contributed by atoms with Crippen LogP contribution in [-0.2, 0) is 11.8 Å². The second-order valence-corrected chi connectivity index (χ2v) is 9.62. The summed E-state index contributed by atoms with van der Waals surface area (Å²) in [5, 5.41) is 9.09. The molecular weight excluding hydrogens is 484 g/mol. The van der Waals surface area contributed by atoms with Crippen molar-refractivity contribution in [3.8, 4) is 11.3 Å². The van der Waals surface area contributed by atoms with Crippen LogP contribution in [0.2, 0.25) is 0 Å². The van der Waals surface area contributed by atoms with Crippen LogP contribution in [0, 0.1) is 20.8 Å². The largest absolute Gasteiger partial charge is 0.465 e. The van der Waals surface area contributed by atoms with Crippen LogP contribution in [-0.4, -0.2) is 27.8 Å². The molecule has 0 bridgehead atoms. The van der Waals surface area contributed by atoms with Crippen LogP contribution in [0.25, 0.3) is 33.2 Å². The number of esters is 1. The number of aryl methyl sites for hydroxylation is 3. The number of rotatable bonds is 5. The molecule has 0 amide bonds. The Labute approximate surface area is 218 Å². The highest BCUT2D eigenvalue weighted by atomic mass is 16.5. The first-order valence-corrected chi connectivity index (χ1v) is 12.2.